The molecule has 5 heteroatoms. The molecule has 0 radical (unpaired) electrons. The van der Waals surface area contributed by atoms with Crippen LogP contribution in [0.1, 0.15) is 31.8 Å². The summed E-state index contributed by atoms with van der Waals surface area (Å²) in [5.41, 5.74) is 4.49. The fourth-order valence-corrected chi connectivity index (χ4v) is 3.79. The number of carbonyl (C=O) groups excluding carboxylic acids is 2. The van der Waals surface area contributed by atoms with Crippen molar-refractivity contribution >= 4 is 22.7 Å². The topological polar surface area (TPSA) is 54.3 Å². The van der Waals surface area contributed by atoms with E-state index < -0.39 is 0 Å². The number of nitrogens with zero attached hydrogens (tertiary/aromatic N) is 2. The van der Waals surface area contributed by atoms with Gasteiger partial charge in [-0.25, -0.2) is 0 Å². The average molecular weight is 412 g/mol. The molecule has 31 heavy (non-hydrogen) atoms. The second kappa shape index (κ2) is 8.88. The van der Waals surface area contributed by atoms with Gasteiger partial charge < -0.3 is 14.8 Å². The summed E-state index contributed by atoms with van der Waals surface area (Å²) in [6.07, 6.45) is 1.95. The molecule has 1 heterocycles. The number of nitrogens with one attached hydrogen (secondary N) is 1. The number of para-hydroxylation sites is 1. The van der Waals surface area contributed by atoms with Gasteiger partial charge in [-0.3, -0.25) is 9.59 Å². The Balaban J connectivity index is 1.57. The zero-order chi connectivity index (χ0) is 21.8. The monoisotopic (exact) mass is 411 g/mol. The first-order valence-electron chi connectivity index (χ1n) is 10.2. The molecular weight excluding hydrogens is 386 g/mol. The number of fused-ring (bicyclic) bond motifs is 1. The lowest BCUT2D eigenvalue weighted by Crippen LogP contribution is -2.26. The maximum atomic E-state index is 13.3. The first kappa shape index (κ1) is 20.4. The maximum Gasteiger partial charge on any atom is 0.256 e. The molecule has 0 atom stereocenters. The van der Waals surface area contributed by atoms with Crippen molar-refractivity contribution in [1.29, 1.82) is 0 Å². The lowest BCUT2D eigenvalue weighted by molar-refractivity contribution is 0.0786. The summed E-state index contributed by atoms with van der Waals surface area (Å²) in [5, 5.41) is 3.56. The summed E-state index contributed by atoms with van der Waals surface area (Å²) >= 11 is 0. The first-order valence-corrected chi connectivity index (χ1v) is 10.2. The zero-order valence-corrected chi connectivity index (χ0v) is 17.7. The lowest BCUT2D eigenvalue weighted by atomic mass is 10.1. The van der Waals surface area contributed by atoms with Gasteiger partial charge in [0.1, 0.15) is 0 Å². The predicted molar refractivity (Wildman–Crippen MR) is 123 cm³/mol. The number of hydrogen-bond donors (Lipinski definition) is 1. The highest BCUT2D eigenvalue weighted by Gasteiger charge is 2.19. The molecule has 0 spiro atoms. The van der Waals surface area contributed by atoms with Crippen LogP contribution in [0, 0.1) is 0 Å². The standard InChI is InChI=1S/C26H25N3O2/c1-27-25(30)21-14-12-20(13-15-21)16-28(2)26(31)23-18-29(17-19-8-4-3-5-9-19)24-11-7-6-10-22(23)24/h3-15,18H,16-17H2,1-2H3,(H,27,30). The summed E-state index contributed by atoms with van der Waals surface area (Å²) < 4.78 is 2.13. The third-order valence-corrected chi connectivity index (χ3v) is 5.42. The van der Waals surface area contributed by atoms with Crippen molar-refractivity contribution in [2.24, 2.45) is 0 Å². The van der Waals surface area contributed by atoms with Crippen LogP contribution in [0.4, 0.5) is 0 Å². The maximum absolute atomic E-state index is 13.3. The minimum Gasteiger partial charge on any atom is -0.355 e. The van der Waals surface area contributed by atoms with E-state index in [0.717, 1.165) is 16.5 Å². The van der Waals surface area contributed by atoms with E-state index >= 15 is 0 Å². The molecule has 3 aromatic carbocycles. The van der Waals surface area contributed by atoms with E-state index in [1.807, 2.05) is 60.8 Å². The molecular formula is C26H25N3O2. The van der Waals surface area contributed by atoms with Gasteiger partial charge in [-0.15, -0.1) is 0 Å². The minimum absolute atomic E-state index is 0.0293. The van der Waals surface area contributed by atoms with E-state index in [1.54, 1.807) is 31.1 Å². The van der Waals surface area contributed by atoms with Crippen molar-refractivity contribution < 1.29 is 9.59 Å². The molecule has 0 saturated heterocycles. The Morgan fingerprint density at radius 3 is 2.26 bits per heavy atom. The average Bonchev–Trinajstić information content (AvgIpc) is 3.17. The van der Waals surface area contributed by atoms with Crippen LogP contribution in [0.15, 0.2) is 85.1 Å². The minimum atomic E-state index is -0.123. The largest absolute Gasteiger partial charge is 0.355 e. The van der Waals surface area contributed by atoms with Gasteiger partial charge >= 0.3 is 0 Å². The third-order valence-electron chi connectivity index (χ3n) is 5.42. The Labute approximate surface area is 181 Å². The van der Waals surface area contributed by atoms with Gasteiger partial charge in [-0.05, 0) is 29.3 Å². The Hall–Kier alpha value is -3.86. The molecule has 0 fully saturated rings. The Kier molecular flexibility index (Phi) is 5.85. The second-order valence-electron chi connectivity index (χ2n) is 7.61. The van der Waals surface area contributed by atoms with Crippen molar-refractivity contribution in [2.45, 2.75) is 13.1 Å². The van der Waals surface area contributed by atoms with Gasteiger partial charge in [0.15, 0.2) is 0 Å². The van der Waals surface area contributed by atoms with Gasteiger partial charge in [0, 0.05) is 49.8 Å². The van der Waals surface area contributed by atoms with E-state index in [-0.39, 0.29) is 11.8 Å². The number of rotatable bonds is 6. The van der Waals surface area contributed by atoms with Crippen molar-refractivity contribution in [3.63, 3.8) is 0 Å². The fourth-order valence-electron chi connectivity index (χ4n) is 3.79. The van der Waals surface area contributed by atoms with Crippen molar-refractivity contribution in [3.05, 3.63) is 107 Å². The van der Waals surface area contributed by atoms with Crippen LogP contribution >= 0.6 is 0 Å². The molecule has 0 aliphatic heterocycles. The molecule has 0 saturated carbocycles. The number of benzene rings is 3. The highest BCUT2D eigenvalue weighted by molar-refractivity contribution is 6.07. The first-order chi connectivity index (χ1) is 15.1. The van der Waals surface area contributed by atoms with Crippen molar-refractivity contribution in [3.8, 4) is 0 Å². The van der Waals surface area contributed by atoms with Gasteiger partial charge in [-0.1, -0.05) is 60.7 Å². The van der Waals surface area contributed by atoms with Crippen LogP contribution in [-0.4, -0.2) is 35.4 Å². The highest BCUT2D eigenvalue weighted by Crippen LogP contribution is 2.24. The summed E-state index contributed by atoms with van der Waals surface area (Å²) in [7, 11) is 3.41. The van der Waals surface area contributed by atoms with Crippen LogP contribution in [0.2, 0.25) is 0 Å². The summed E-state index contributed by atoms with van der Waals surface area (Å²) in [5.74, 6) is -0.152. The molecule has 156 valence electrons. The Bertz CT molecular complexity index is 1210. The third kappa shape index (κ3) is 4.36. The smallest absolute Gasteiger partial charge is 0.256 e. The van der Waals surface area contributed by atoms with E-state index in [0.29, 0.717) is 24.2 Å². The van der Waals surface area contributed by atoms with Crippen molar-refractivity contribution in [2.75, 3.05) is 14.1 Å². The van der Waals surface area contributed by atoms with E-state index in [1.165, 1.54) is 5.56 Å². The zero-order valence-electron chi connectivity index (χ0n) is 17.7. The number of hydrogen-bond acceptors (Lipinski definition) is 2. The molecule has 5 nitrogen and oxygen atoms in total. The van der Waals surface area contributed by atoms with Gasteiger partial charge in [-0.2, -0.15) is 0 Å². The van der Waals surface area contributed by atoms with E-state index in [9.17, 15) is 9.59 Å². The number of aromatic nitrogens is 1. The van der Waals surface area contributed by atoms with Crippen LogP contribution in [-0.2, 0) is 13.1 Å². The SMILES string of the molecule is CNC(=O)c1ccc(CN(C)C(=O)c2cn(Cc3ccccc3)c3ccccc23)cc1. The number of carbonyl (C=O) groups is 2. The van der Waals surface area contributed by atoms with Crippen LogP contribution in [0.3, 0.4) is 0 Å². The Morgan fingerprint density at radius 1 is 0.871 bits per heavy atom. The highest BCUT2D eigenvalue weighted by atomic mass is 16.2. The number of amides is 2. The predicted octanol–water partition coefficient (Wildman–Crippen LogP) is 4.32. The Morgan fingerprint density at radius 2 is 1.55 bits per heavy atom. The second-order valence-corrected chi connectivity index (χ2v) is 7.61. The normalized spacial score (nSPS) is 10.8. The van der Waals surface area contributed by atoms with Crippen molar-refractivity contribution in [1.82, 2.24) is 14.8 Å². The quantitative estimate of drug-likeness (QED) is 0.514. The molecule has 0 aliphatic carbocycles. The lowest BCUT2D eigenvalue weighted by Gasteiger charge is -2.17. The van der Waals surface area contributed by atoms with Gasteiger partial charge in [0.2, 0.25) is 0 Å². The summed E-state index contributed by atoms with van der Waals surface area (Å²) in [6, 6.07) is 25.5. The summed E-state index contributed by atoms with van der Waals surface area (Å²) in [4.78, 5) is 26.7. The van der Waals surface area contributed by atoms with E-state index in [2.05, 4.69) is 22.0 Å². The van der Waals surface area contributed by atoms with Gasteiger partial charge in [0.25, 0.3) is 11.8 Å². The molecule has 0 unspecified atom stereocenters. The molecule has 4 rings (SSSR count). The van der Waals surface area contributed by atoms with Crippen LogP contribution in [0.25, 0.3) is 10.9 Å². The fraction of sp³-hybridized carbons (Fsp3) is 0.154. The summed E-state index contributed by atoms with van der Waals surface area (Å²) in [6.45, 7) is 1.17. The molecule has 4 aromatic rings. The molecule has 1 N–H and O–H groups in total. The van der Waals surface area contributed by atoms with Crippen LogP contribution < -0.4 is 5.32 Å². The molecule has 2 amide bonds. The molecule has 0 aliphatic rings. The van der Waals surface area contributed by atoms with E-state index in [4.69, 9.17) is 0 Å². The molecule has 1 aromatic heterocycles. The van der Waals surface area contributed by atoms with Gasteiger partial charge in [0.05, 0.1) is 5.56 Å². The van der Waals surface area contributed by atoms with Crippen LogP contribution in [0.5, 0.6) is 0 Å². The molecule has 0 bridgehead atoms.